The molecule has 0 heteroatoms. The summed E-state index contributed by atoms with van der Waals surface area (Å²) in [6.45, 7) is 9.55. The largest absolute Gasteiger partial charge is 0.0651 e. The summed E-state index contributed by atoms with van der Waals surface area (Å²) in [6.07, 6.45) is 4.33. The van der Waals surface area contributed by atoms with Crippen molar-refractivity contribution in [1.29, 1.82) is 0 Å². The van der Waals surface area contributed by atoms with Gasteiger partial charge in [-0.2, -0.15) is 0 Å². The van der Waals surface area contributed by atoms with Gasteiger partial charge in [0, 0.05) is 0 Å². The fourth-order valence-electron chi connectivity index (χ4n) is 2.31. The van der Waals surface area contributed by atoms with Crippen molar-refractivity contribution in [2.24, 2.45) is 23.7 Å². The first-order chi connectivity index (χ1) is 5.15. The molecule has 0 aliphatic heterocycles. The second-order valence-corrected chi connectivity index (χ2v) is 4.57. The normalized spacial score (nSPS) is 40.9. The van der Waals surface area contributed by atoms with Crippen LogP contribution in [0.25, 0.3) is 0 Å². The lowest BCUT2D eigenvalue weighted by molar-refractivity contribution is 0.345. The van der Waals surface area contributed by atoms with E-state index >= 15 is 0 Å². The van der Waals surface area contributed by atoms with Crippen LogP contribution in [0, 0.1) is 23.7 Å². The Bertz CT molecular complexity index is 107. The van der Waals surface area contributed by atoms with Crippen LogP contribution in [0.15, 0.2) is 0 Å². The zero-order chi connectivity index (χ0) is 8.43. The SMILES string of the molecule is CCC(C)C1CC(C)C(C)C1. The number of hydrogen-bond donors (Lipinski definition) is 0. The first-order valence-electron chi connectivity index (χ1n) is 5.15. The maximum Gasteiger partial charge on any atom is -0.0383 e. The van der Waals surface area contributed by atoms with Crippen LogP contribution in [-0.4, -0.2) is 0 Å². The van der Waals surface area contributed by atoms with E-state index in [-0.39, 0.29) is 0 Å². The Morgan fingerprint density at radius 1 is 1.18 bits per heavy atom. The molecule has 0 radical (unpaired) electrons. The fraction of sp³-hybridized carbons (Fsp3) is 1.00. The lowest BCUT2D eigenvalue weighted by Gasteiger charge is -2.16. The van der Waals surface area contributed by atoms with Crippen LogP contribution in [0.2, 0.25) is 0 Å². The van der Waals surface area contributed by atoms with E-state index in [0.717, 1.165) is 23.7 Å². The maximum atomic E-state index is 2.41. The third-order valence-electron chi connectivity index (χ3n) is 3.77. The standard InChI is InChI=1S/C11H22/c1-5-8(2)11-6-9(3)10(4)7-11/h8-11H,5-7H2,1-4H3. The third-order valence-corrected chi connectivity index (χ3v) is 3.77. The number of hydrogen-bond acceptors (Lipinski definition) is 0. The van der Waals surface area contributed by atoms with Crippen molar-refractivity contribution in [1.82, 2.24) is 0 Å². The first-order valence-corrected chi connectivity index (χ1v) is 5.15. The summed E-state index contributed by atoms with van der Waals surface area (Å²) in [6, 6.07) is 0. The average molecular weight is 154 g/mol. The molecule has 0 bridgehead atoms. The van der Waals surface area contributed by atoms with Crippen LogP contribution in [0.1, 0.15) is 47.0 Å². The lowest BCUT2D eigenvalue weighted by Crippen LogP contribution is -2.06. The molecule has 0 heterocycles. The predicted molar refractivity (Wildman–Crippen MR) is 50.5 cm³/mol. The fourth-order valence-corrected chi connectivity index (χ4v) is 2.31. The minimum Gasteiger partial charge on any atom is -0.0651 e. The molecule has 0 amide bonds. The van der Waals surface area contributed by atoms with Crippen molar-refractivity contribution in [3.63, 3.8) is 0 Å². The van der Waals surface area contributed by atoms with E-state index < -0.39 is 0 Å². The van der Waals surface area contributed by atoms with Crippen LogP contribution in [0.3, 0.4) is 0 Å². The van der Waals surface area contributed by atoms with Gasteiger partial charge in [0.1, 0.15) is 0 Å². The Morgan fingerprint density at radius 2 is 1.64 bits per heavy atom. The van der Waals surface area contributed by atoms with Gasteiger partial charge >= 0.3 is 0 Å². The van der Waals surface area contributed by atoms with E-state index in [1.807, 2.05) is 0 Å². The van der Waals surface area contributed by atoms with Crippen molar-refractivity contribution < 1.29 is 0 Å². The Balaban J connectivity index is 2.40. The molecule has 1 aliphatic carbocycles. The van der Waals surface area contributed by atoms with Gasteiger partial charge < -0.3 is 0 Å². The van der Waals surface area contributed by atoms with Gasteiger partial charge in [-0.15, -0.1) is 0 Å². The lowest BCUT2D eigenvalue weighted by atomic mass is 9.90. The highest BCUT2D eigenvalue weighted by Crippen LogP contribution is 2.40. The molecule has 3 atom stereocenters. The molecule has 0 aromatic heterocycles. The minimum atomic E-state index is 0.961. The van der Waals surface area contributed by atoms with Crippen LogP contribution < -0.4 is 0 Å². The molecule has 0 spiro atoms. The van der Waals surface area contributed by atoms with Crippen molar-refractivity contribution in [3.05, 3.63) is 0 Å². The van der Waals surface area contributed by atoms with E-state index in [1.165, 1.54) is 19.3 Å². The van der Waals surface area contributed by atoms with E-state index in [4.69, 9.17) is 0 Å². The summed E-state index contributed by atoms with van der Waals surface area (Å²) in [5.41, 5.74) is 0. The topological polar surface area (TPSA) is 0 Å². The van der Waals surface area contributed by atoms with Gasteiger partial charge in [0.2, 0.25) is 0 Å². The summed E-state index contributed by atoms with van der Waals surface area (Å²) in [5.74, 6) is 3.95. The molecule has 1 fully saturated rings. The van der Waals surface area contributed by atoms with Gasteiger partial charge in [-0.25, -0.2) is 0 Å². The summed E-state index contributed by atoms with van der Waals surface area (Å²) in [5, 5.41) is 0. The van der Waals surface area contributed by atoms with E-state index in [0.29, 0.717) is 0 Å². The van der Waals surface area contributed by atoms with Crippen molar-refractivity contribution in [3.8, 4) is 0 Å². The van der Waals surface area contributed by atoms with Crippen LogP contribution in [0.4, 0.5) is 0 Å². The Kier molecular flexibility index (Phi) is 2.98. The van der Waals surface area contributed by atoms with Crippen molar-refractivity contribution in [2.45, 2.75) is 47.0 Å². The quantitative estimate of drug-likeness (QED) is 0.568. The van der Waals surface area contributed by atoms with E-state index in [9.17, 15) is 0 Å². The Morgan fingerprint density at radius 3 is 2.00 bits per heavy atom. The third kappa shape index (κ3) is 1.98. The van der Waals surface area contributed by atoms with Crippen LogP contribution in [0.5, 0.6) is 0 Å². The van der Waals surface area contributed by atoms with Crippen LogP contribution in [-0.2, 0) is 0 Å². The zero-order valence-corrected chi connectivity index (χ0v) is 8.43. The van der Waals surface area contributed by atoms with E-state index in [2.05, 4.69) is 27.7 Å². The summed E-state index contributed by atoms with van der Waals surface area (Å²) in [4.78, 5) is 0. The van der Waals surface area contributed by atoms with Gasteiger partial charge in [0.05, 0.1) is 0 Å². The zero-order valence-electron chi connectivity index (χ0n) is 8.43. The average Bonchev–Trinajstić information content (AvgIpc) is 2.31. The molecule has 1 aliphatic rings. The molecule has 3 unspecified atom stereocenters. The summed E-state index contributed by atoms with van der Waals surface area (Å²) in [7, 11) is 0. The Labute approximate surface area is 71.4 Å². The number of rotatable bonds is 2. The molecular weight excluding hydrogens is 132 g/mol. The minimum absolute atomic E-state index is 0.961. The second kappa shape index (κ2) is 3.60. The molecule has 0 aromatic carbocycles. The Hall–Kier alpha value is 0. The molecule has 11 heavy (non-hydrogen) atoms. The molecule has 66 valence electrons. The van der Waals surface area contributed by atoms with Gasteiger partial charge in [0.25, 0.3) is 0 Å². The molecule has 0 aromatic rings. The highest BCUT2D eigenvalue weighted by molar-refractivity contribution is 4.80. The monoisotopic (exact) mass is 154 g/mol. The highest BCUT2D eigenvalue weighted by Gasteiger charge is 2.30. The smallest absolute Gasteiger partial charge is 0.0383 e. The van der Waals surface area contributed by atoms with Gasteiger partial charge in [-0.1, -0.05) is 34.1 Å². The van der Waals surface area contributed by atoms with Crippen LogP contribution >= 0.6 is 0 Å². The molecule has 0 nitrogen and oxygen atoms in total. The molecule has 0 saturated heterocycles. The maximum absolute atomic E-state index is 2.41. The van der Waals surface area contributed by atoms with E-state index in [1.54, 1.807) is 0 Å². The molecule has 0 N–H and O–H groups in total. The van der Waals surface area contributed by atoms with Crippen molar-refractivity contribution >= 4 is 0 Å². The molecule has 1 saturated carbocycles. The molecular formula is C11H22. The molecule has 1 rings (SSSR count). The second-order valence-electron chi connectivity index (χ2n) is 4.57. The highest BCUT2D eigenvalue weighted by atomic mass is 14.4. The summed E-state index contributed by atoms with van der Waals surface area (Å²) >= 11 is 0. The summed E-state index contributed by atoms with van der Waals surface area (Å²) < 4.78 is 0. The van der Waals surface area contributed by atoms with Gasteiger partial charge in [-0.05, 0) is 36.5 Å². The van der Waals surface area contributed by atoms with Gasteiger partial charge in [-0.3, -0.25) is 0 Å². The first kappa shape index (κ1) is 9.09. The van der Waals surface area contributed by atoms with Crippen molar-refractivity contribution in [2.75, 3.05) is 0 Å². The predicted octanol–water partition coefficient (Wildman–Crippen LogP) is 3.71. The van der Waals surface area contributed by atoms with Gasteiger partial charge in [0.15, 0.2) is 0 Å².